The molecule has 3 aromatic rings. The van der Waals surface area contributed by atoms with Gasteiger partial charge in [-0.25, -0.2) is 4.98 Å². The van der Waals surface area contributed by atoms with Crippen molar-refractivity contribution in [1.29, 1.82) is 0 Å². The summed E-state index contributed by atoms with van der Waals surface area (Å²) in [6.45, 7) is 12.4. The molecule has 0 saturated carbocycles. The van der Waals surface area contributed by atoms with Crippen LogP contribution in [0.5, 0.6) is 0 Å². The summed E-state index contributed by atoms with van der Waals surface area (Å²) in [6, 6.07) is 7.02. The maximum atomic E-state index is 6.10. The highest BCUT2D eigenvalue weighted by Crippen LogP contribution is 2.26. The van der Waals surface area contributed by atoms with Crippen LogP contribution in [0.2, 0.25) is 30.7 Å². The molecule has 0 unspecified atom stereocenters. The molecule has 0 aliphatic heterocycles. The number of rotatable bonds is 7. The first-order valence-corrected chi connectivity index (χ1v) is 13.5. The first kappa shape index (κ1) is 20.7. The number of aromatic nitrogens is 4. The minimum atomic E-state index is -1.11. The van der Waals surface area contributed by atoms with Crippen LogP contribution in [-0.2, 0) is 11.5 Å². The summed E-state index contributed by atoms with van der Waals surface area (Å²) < 4.78 is 8.08. The highest BCUT2D eigenvalue weighted by Gasteiger charge is 2.16. The third-order valence-corrected chi connectivity index (χ3v) is 6.61. The normalized spacial score (nSPS) is 11.8. The maximum absolute atomic E-state index is 6.10. The van der Waals surface area contributed by atoms with Gasteiger partial charge in [0.1, 0.15) is 12.4 Å². The van der Waals surface area contributed by atoms with Gasteiger partial charge in [0.05, 0.1) is 10.7 Å². The van der Waals surface area contributed by atoms with Crippen molar-refractivity contribution in [3.8, 4) is 22.6 Å². The number of nitrogens with zero attached hydrogens (tertiary/aromatic N) is 4. The lowest BCUT2D eigenvalue weighted by Gasteiger charge is -2.16. The molecule has 0 bridgehead atoms. The number of ether oxygens (including phenoxy) is 1. The Morgan fingerprint density at radius 3 is 2.61 bits per heavy atom. The molecule has 3 heterocycles. The molecule has 0 fully saturated rings. The first-order chi connectivity index (χ1) is 13.2. The fraction of sp³-hybridized carbons (Fsp3) is 0.381. The Bertz CT molecular complexity index is 965. The van der Waals surface area contributed by atoms with Gasteiger partial charge in [0, 0.05) is 44.5 Å². The average Bonchev–Trinajstić information content (AvgIpc) is 2.93. The molecule has 148 valence electrons. The number of hydrogen-bond acceptors (Lipinski definition) is 4. The van der Waals surface area contributed by atoms with E-state index in [1.54, 1.807) is 18.6 Å². The monoisotopic (exact) mass is 414 g/mol. The molecule has 0 aliphatic carbocycles. The molecular weight excluding hydrogens is 388 g/mol. The summed E-state index contributed by atoms with van der Waals surface area (Å²) in [7, 11) is -1.11. The molecule has 0 radical (unpaired) electrons. The fourth-order valence-electron chi connectivity index (χ4n) is 2.84. The minimum Gasteiger partial charge on any atom is -0.361 e. The number of aryl methyl sites for hydroxylation is 1. The van der Waals surface area contributed by atoms with Gasteiger partial charge in [0.25, 0.3) is 0 Å². The fourth-order valence-corrected chi connectivity index (χ4v) is 3.77. The highest BCUT2D eigenvalue weighted by molar-refractivity contribution is 6.76. The molecule has 3 rings (SSSR count). The van der Waals surface area contributed by atoms with Crippen LogP contribution >= 0.6 is 11.6 Å². The number of pyridine rings is 2. The van der Waals surface area contributed by atoms with Gasteiger partial charge in [-0.1, -0.05) is 31.2 Å². The maximum Gasteiger partial charge on any atom is 0.161 e. The van der Waals surface area contributed by atoms with Crippen molar-refractivity contribution in [2.75, 3.05) is 6.61 Å². The molecule has 7 heteroatoms. The largest absolute Gasteiger partial charge is 0.361 e. The van der Waals surface area contributed by atoms with Gasteiger partial charge < -0.3 is 9.30 Å². The van der Waals surface area contributed by atoms with E-state index in [1.165, 1.54) is 0 Å². The number of hydrogen-bond donors (Lipinski definition) is 0. The van der Waals surface area contributed by atoms with Crippen LogP contribution in [0.1, 0.15) is 11.4 Å². The summed E-state index contributed by atoms with van der Waals surface area (Å²) >= 11 is 6.10. The van der Waals surface area contributed by atoms with Gasteiger partial charge >= 0.3 is 0 Å². The van der Waals surface area contributed by atoms with Crippen LogP contribution in [-0.4, -0.2) is 34.2 Å². The second-order valence-corrected chi connectivity index (χ2v) is 14.3. The van der Waals surface area contributed by atoms with E-state index in [1.807, 2.05) is 25.1 Å². The van der Waals surface area contributed by atoms with E-state index in [-0.39, 0.29) is 0 Å². The van der Waals surface area contributed by atoms with Gasteiger partial charge in [0.15, 0.2) is 5.82 Å². The van der Waals surface area contributed by atoms with Gasteiger partial charge in [0.2, 0.25) is 0 Å². The van der Waals surface area contributed by atoms with Crippen molar-refractivity contribution in [2.24, 2.45) is 0 Å². The van der Waals surface area contributed by atoms with Gasteiger partial charge in [-0.2, -0.15) is 0 Å². The lowest BCUT2D eigenvalue weighted by Crippen LogP contribution is -2.22. The van der Waals surface area contributed by atoms with Crippen molar-refractivity contribution in [2.45, 2.75) is 46.3 Å². The summed E-state index contributed by atoms with van der Waals surface area (Å²) in [4.78, 5) is 13.5. The van der Waals surface area contributed by atoms with E-state index < -0.39 is 8.07 Å². The Hall–Kier alpha value is -2.02. The van der Waals surface area contributed by atoms with E-state index in [0.717, 1.165) is 46.7 Å². The zero-order valence-corrected chi connectivity index (χ0v) is 18.9. The van der Waals surface area contributed by atoms with E-state index in [0.29, 0.717) is 11.8 Å². The van der Waals surface area contributed by atoms with Crippen molar-refractivity contribution in [1.82, 2.24) is 19.5 Å². The predicted molar refractivity (Wildman–Crippen MR) is 117 cm³/mol. The zero-order chi connectivity index (χ0) is 20.3. The predicted octanol–water partition coefficient (Wildman–Crippen LogP) is 5.59. The van der Waals surface area contributed by atoms with Crippen LogP contribution in [0, 0.1) is 13.8 Å². The van der Waals surface area contributed by atoms with E-state index in [9.17, 15) is 0 Å². The SMILES string of the molecule is Cc1nc(-c2cc(-c3cncc(Cl)c3)ccn2)n(COCC[Si](C)(C)C)c1C. The molecule has 28 heavy (non-hydrogen) atoms. The molecule has 0 saturated heterocycles. The summed E-state index contributed by atoms with van der Waals surface area (Å²) in [5.74, 6) is 0.819. The molecule has 0 aliphatic rings. The lowest BCUT2D eigenvalue weighted by molar-refractivity contribution is 0.0869. The molecule has 0 aromatic carbocycles. The summed E-state index contributed by atoms with van der Waals surface area (Å²) in [5.41, 5.74) is 4.85. The van der Waals surface area contributed by atoms with Gasteiger partial charge in [-0.3, -0.25) is 9.97 Å². The third kappa shape index (κ3) is 5.07. The second-order valence-electron chi connectivity index (χ2n) is 8.20. The standard InChI is InChI=1S/C21H27ClN4OSi/c1-15-16(2)26(14-27-8-9-28(3,4)5)21(25-15)20-11-17(6-7-24-20)18-10-19(22)13-23-12-18/h6-7,10-13H,8-9,14H2,1-5H3. The van der Waals surface area contributed by atoms with E-state index in [2.05, 4.69) is 41.1 Å². The zero-order valence-electron chi connectivity index (χ0n) is 17.2. The lowest BCUT2D eigenvalue weighted by atomic mass is 10.1. The minimum absolute atomic E-state index is 0.483. The average molecular weight is 415 g/mol. The summed E-state index contributed by atoms with van der Waals surface area (Å²) in [6.07, 6.45) is 5.22. The van der Waals surface area contributed by atoms with Crippen molar-refractivity contribution >= 4 is 19.7 Å². The Kier molecular flexibility index (Phi) is 6.32. The van der Waals surface area contributed by atoms with Crippen LogP contribution in [0.4, 0.5) is 0 Å². The quantitative estimate of drug-likeness (QED) is 0.373. The van der Waals surface area contributed by atoms with E-state index in [4.69, 9.17) is 21.3 Å². The number of imidazole rings is 1. The van der Waals surface area contributed by atoms with Crippen molar-refractivity contribution < 1.29 is 4.74 Å². The third-order valence-electron chi connectivity index (χ3n) is 4.70. The Balaban J connectivity index is 1.87. The van der Waals surface area contributed by atoms with E-state index >= 15 is 0 Å². The number of halogens is 1. The smallest absolute Gasteiger partial charge is 0.161 e. The van der Waals surface area contributed by atoms with Crippen LogP contribution in [0.3, 0.4) is 0 Å². The van der Waals surface area contributed by atoms with Crippen LogP contribution in [0.15, 0.2) is 36.8 Å². The Labute approximate surface area is 172 Å². The van der Waals surface area contributed by atoms with Gasteiger partial charge in [-0.15, -0.1) is 0 Å². The molecule has 0 spiro atoms. The summed E-state index contributed by atoms with van der Waals surface area (Å²) in [5, 5.41) is 0.611. The molecule has 5 nitrogen and oxygen atoms in total. The van der Waals surface area contributed by atoms with Crippen LogP contribution < -0.4 is 0 Å². The highest BCUT2D eigenvalue weighted by atomic mass is 35.5. The first-order valence-electron chi connectivity index (χ1n) is 9.43. The molecule has 0 amide bonds. The molecule has 0 N–H and O–H groups in total. The Morgan fingerprint density at radius 1 is 1.11 bits per heavy atom. The topological polar surface area (TPSA) is 52.8 Å². The van der Waals surface area contributed by atoms with Crippen molar-refractivity contribution in [3.05, 3.63) is 53.2 Å². The van der Waals surface area contributed by atoms with Crippen molar-refractivity contribution in [3.63, 3.8) is 0 Å². The Morgan fingerprint density at radius 2 is 1.89 bits per heavy atom. The molecular formula is C21H27ClN4OSi. The molecule has 0 atom stereocenters. The van der Waals surface area contributed by atoms with Crippen LogP contribution in [0.25, 0.3) is 22.6 Å². The second kappa shape index (κ2) is 8.55. The molecule has 3 aromatic heterocycles. The van der Waals surface area contributed by atoms with Gasteiger partial charge in [-0.05, 0) is 43.7 Å².